The number of nitrogens with one attached hydrogen (secondary N) is 3. The molecule has 0 unspecified atom stereocenters. The number of carbonyl (C=O) groups excluding carboxylic acids is 1. The van der Waals surface area contributed by atoms with Crippen LogP contribution in [0, 0.1) is 11.3 Å². The van der Waals surface area contributed by atoms with E-state index in [1.165, 1.54) is 0 Å². The van der Waals surface area contributed by atoms with E-state index in [-0.39, 0.29) is 12.8 Å². The van der Waals surface area contributed by atoms with Crippen LogP contribution in [0.15, 0.2) is 42.5 Å². The Morgan fingerprint density at radius 3 is 2.77 bits per heavy atom. The Bertz CT molecular complexity index is 1150. The van der Waals surface area contributed by atoms with E-state index in [2.05, 4.69) is 27.0 Å². The number of aromatic nitrogens is 1. The van der Waals surface area contributed by atoms with E-state index < -0.39 is 0 Å². The number of hydrogen-bond acceptors (Lipinski definition) is 6. The van der Waals surface area contributed by atoms with E-state index in [0.29, 0.717) is 58.6 Å². The third-order valence-corrected chi connectivity index (χ3v) is 4.81. The highest BCUT2D eigenvalue weighted by molar-refractivity contribution is 6.33. The molecule has 152 valence electrons. The molecule has 0 saturated heterocycles. The van der Waals surface area contributed by atoms with Crippen molar-refractivity contribution in [3.8, 4) is 17.6 Å². The molecule has 9 heteroatoms. The maximum Gasteiger partial charge on any atom is 0.319 e. The molecule has 0 aliphatic carbocycles. The number of nitrogens with zero attached hydrogens (tertiary/aromatic N) is 2. The summed E-state index contributed by atoms with van der Waals surface area (Å²) in [6.45, 7) is 1.15. The van der Waals surface area contributed by atoms with Crippen LogP contribution in [-0.4, -0.2) is 30.9 Å². The molecule has 0 bridgehead atoms. The van der Waals surface area contributed by atoms with E-state index in [0.717, 1.165) is 5.39 Å². The SMILES string of the molecule is N#Cc1cc2cc3c(cc2nc1NCCCNC(=O)Nc1ccccc1Cl)OCO3. The Balaban J connectivity index is 1.31. The quantitative estimate of drug-likeness (QED) is 0.515. The molecule has 1 aliphatic heterocycles. The van der Waals surface area contributed by atoms with Gasteiger partial charge in [-0.05, 0) is 30.7 Å². The van der Waals surface area contributed by atoms with Crippen molar-refractivity contribution in [2.75, 3.05) is 30.5 Å². The average Bonchev–Trinajstić information content (AvgIpc) is 3.20. The molecule has 3 aromatic rings. The third kappa shape index (κ3) is 4.31. The largest absolute Gasteiger partial charge is 0.454 e. The molecular weight excluding hydrogens is 406 g/mol. The van der Waals surface area contributed by atoms with Gasteiger partial charge in [-0.3, -0.25) is 0 Å². The number of rotatable bonds is 6. The van der Waals surface area contributed by atoms with Crippen molar-refractivity contribution in [2.45, 2.75) is 6.42 Å². The number of carbonyl (C=O) groups is 1. The fourth-order valence-electron chi connectivity index (χ4n) is 3.01. The van der Waals surface area contributed by atoms with Gasteiger partial charge < -0.3 is 25.4 Å². The lowest BCUT2D eigenvalue weighted by Gasteiger charge is -2.11. The molecule has 0 radical (unpaired) electrons. The van der Waals surface area contributed by atoms with Crippen LogP contribution in [0.4, 0.5) is 16.3 Å². The topological polar surface area (TPSA) is 108 Å². The van der Waals surface area contributed by atoms with Gasteiger partial charge in [0.25, 0.3) is 0 Å². The van der Waals surface area contributed by atoms with Crippen LogP contribution in [0.1, 0.15) is 12.0 Å². The Kier molecular flexibility index (Phi) is 5.72. The van der Waals surface area contributed by atoms with Crippen LogP contribution in [0.25, 0.3) is 10.9 Å². The van der Waals surface area contributed by atoms with Crippen LogP contribution in [0.5, 0.6) is 11.5 Å². The minimum absolute atomic E-state index is 0.179. The standard InChI is InChI=1S/C21H18ClN5O3/c22-15-4-1-2-5-16(15)27-21(28)25-7-3-6-24-20-14(11-23)8-13-9-18-19(30-12-29-18)10-17(13)26-20/h1-2,4-5,8-10H,3,6-7,12H2,(H,24,26)(H2,25,27,28). The van der Waals surface area contributed by atoms with E-state index >= 15 is 0 Å². The highest BCUT2D eigenvalue weighted by Crippen LogP contribution is 2.36. The van der Waals surface area contributed by atoms with E-state index in [1.807, 2.05) is 6.07 Å². The summed E-state index contributed by atoms with van der Waals surface area (Å²) in [4.78, 5) is 16.5. The summed E-state index contributed by atoms with van der Waals surface area (Å²) in [5.74, 6) is 1.78. The van der Waals surface area contributed by atoms with E-state index in [1.54, 1.807) is 36.4 Å². The highest BCUT2D eigenvalue weighted by atomic mass is 35.5. The number of urea groups is 1. The van der Waals surface area contributed by atoms with Crippen molar-refractivity contribution in [3.05, 3.63) is 53.1 Å². The number of fused-ring (bicyclic) bond motifs is 2. The first-order valence-electron chi connectivity index (χ1n) is 9.32. The van der Waals surface area contributed by atoms with Crippen molar-refractivity contribution in [2.24, 2.45) is 0 Å². The molecule has 0 fully saturated rings. The fraction of sp³-hybridized carbons (Fsp3) is 0.190. The summed E-state index contributed by atoms with van der Waals surface area (Å²) < 4.78 is 10.8. The Morgan fingerprint density at radius 1 is 1.17 bits per heavy atom. The first-order chi connectivity index (χ1) is 14.6. The van der Waals surface area contributed by atoms with Crippen LogP contribution < -0.4 is 25.4 Å². The molecule has 1 aromatic heterocycles. The van der Waals surface area contributed by atoms with Crippen molar-refractivity contribution in [3.63, 3.8) is 0 Å². The molecule has 4 rings (SSSR count). The summed E-state index contributed by atoms with van der Waals surface area (Å²) in [6, 6.07) is 14.2. The number of halogens is 1. The van der Waals surface area contributed by atoms with Crippen LogP contribution in [0.3, 0.4) is 0 Å². The zero-order valence-corrected chi connectivity index (χ0v) is 16.6. The van der Waals surface area contributed by atoms with Gasteiger partial charge in [0.1, 0.15) is 11.9 Å². The lowest BCUT2D eigenvalue weighted by Crippen LogP contribution is -2.30. The molecule has 0 saturated carbocycles. The Hall–Kier alpha value is -3.70. The highest BCUT2D eigenvalue weighted by Gasteiger charge is 2.16. The monoisotopic (exact) mass is 423 g/mol. The van der Waals surface area contributed by atoms with Gasteiger partial charge in [0.2, 0.25) is 6.79 Å². The summed E-state index contributed by atoms with van der Waals surface area (Å²) in [5.41, 5.74) is 1.69. The number of amides is 2. The molecule has 2 heterocycles. The molecule has 1 aliphatic rings. The number of benzene rings is 2. The zero-order valence-electron chi connectivity index (χ0n) is 15.9. The molecular formula is C21H18ClN5O3. The molecule has 30 heavy (non-hydrogen) atoms. The minimum Gasteiger partial charge on any atom is -0.454 e. The number of nitriles is 1. The first-order valence-corrected chi connectivity index (χ1v) is 9.69. The number of pyridine rings is 1. The van der Waals surface area contributed by atoms with Crippen LogP contribution >= 0.6 is 11.6 Å². The van der Waals surface area contributed by atoms with Crippen molar-refractivity contribution in [1.29, 1.82) is 5.26 Å². The predicted molar refractivity (Wildman–Crippen MR) is 114 cm³/mol. The van der Waals surface area contributed by atoms with Gasteiger partial charge in [-0.15, -0.1) is 0 Å². The molecule has 2 aromatic carbocycles. The van der Waals surface area contributed by atoms with Crippen LogP contribution in [-0.2, 0) is 0 Å². The second-order valence-corrected chi connectivity index (χ2v) is 6.94. The fourth-order valence-corrected chi connectivity index (χ4v) is 3.19. The van der Waals surface area contributed by atoms with E-state index in [4.69, 9.17) is 21.1 Å². The molecule has 3 N–H and O–H groups in total. The number of para-hydroxylation sites is 1. The molecule has 0 spiro atoms. The zero-order chi connectivity index (χ0) is 20.9. The minimum atomic E-state index is -0.333. The van der Waals surface area contributed by atoms with Crippen LogP contribution in [0.2, 0.25) is 5.02 Å². The summed E-state index contributed by atoms with van der Waals surface area (Å²) >= 11 is 6.02. The van der Waals surface area contributed by atoms with Gasteiger partial charge >= 0.3 is 6.03 Å². The number of ether oxygens (including phenoxy) is 2. The van der Waals surface area contributed by atoms with Gasteiger partial charge in [-0.25, -0.2) is 9.78 Å². The molecule has 2 amide bonds. The van der Waals surface area contributed by atoms with Crippen molar-refractivity contribution >= 4 is 40.0 Å². The predicted octanol–water partition coefficient (Wildman–Crippen LogP) is 4.11. The normalized spacial score (nSPS) is 11.7. The maximum absolute atomic E-state index is 12.0. The molecule has 0 atom stereocenters. The van der Waals surface area contributed by atoms with Gasteiger partial charge in [0.15, 0.2) is 11.5 Å². The first kappa shape index (κ1) is 19.6. The van der Waals surface area contributed by atoms with Gasteiger partial charge in [-0.1, -0.05) is 23.7 Å². The summed E-state index contributed by atoms with van der Waals surface area (Å²) in [5, 5.41) is 19.3. The smallest absolute Gasteiger partial charge is 0.319 e. The number of anilines is 2. The number of hydrogen-bond donors (Lipinski definition) is 3. The van der Waals surface area contributed by atoms with Crippen molar-refractivity contribution in [1.82, 2.24) is 10.3 Å². The van der Waals surface area contributed by atoms with Gasteiger partial charge in [0.05, 0.1) is 21.8 Å². The Labute approximate surface area is 177 Å². The lowest BCUT2D eigenvalue weighted by molar-refractivity contribution is 0.174. The second kappa shape index (κ2) is 8.76. The van der Waals surface area contributed by atoms with E-state index in [9.17, 15) is 10.1 Å². The Morgan fingerprint density at radius 2 is 1.97 bits per heavy atom. The summed E-state index contributed by atoms with van der Waals surface area (Å²) in [7, 11) is 0. The average molecular weight is 424 g/mol. The lowest BCUT2D eigenvalue weighted by atomic mass is 10.1. The molecule has 8 nitrogen and oxygen atoms in total. The van der Waals surface area contributed by atoms with Gasteiger partial charge in [0, 0.05) is 24.5 Å². The summed E-state index contributed by atoms with van der Waals surface area (Å²) in [6.07, 6.45) is 0.641. The second-order valence-electron chi connectivity index (χ2n) is 6.54. The maximum atomic E-state index is 12.0. The van der Waals surface area contributed by atoms with Gasteiger partial charge in [-0.2, -0.15) is 5.26 Å². The third-order valence-electron chi connectivity index (χ3n) is 4.48. The van der Waals surface area contributed by atoms with Crippen molar-refractivity contribution < 1.29 is 14.3 Å².